The van der Waals surface area contributed by atoms with E-state index in [9.17, 15) is 8.78 Å². The van der Waals surface area contributed by atoms with Crippen LogP contribution in [0.5, 0.6) is 11.5 Å². The van der Waals surface area contributed by atoms with Crippen molar-refractivity contribution in [2.75, 3.05) is 20.8 Å². The third kappa shape index (κ3) is 3.15. The first-order valence-corrected chi connectivity index (χ1v) is 6.42. The number of hydrogen-bond acceptors (Lipinski definition) is 3. The van der Waals surface area contributed by atoms with Gasteiger partial charge < -0.3 is 14.8 Å². The topological polar surface area (TPSA) is 30.5 Å². The maximum atomic E-state index is 12.9. The molecule has 0 bridgehead atoms. The zero-order chi connectivity index (χ0) is 13.8. The summed E-state index contributed by atoms with van der Waals surface area (Å²) < 4.78 is 36.3. The van der Waals surface area contributed by atoms with Crippen molar-refractivity contribution in [3.05, 3.63) is 23.3 Å². The lowest BCUT2D eigenvalue weighted by atomic mass is 10.0. The highest BCUT2D eigenvalue weighted by Gasteiger charge is 2.21. The van der Waals surface area contributed by atoms with Crippen LogP contribution in [0, 0.1) is 0 Å². The van der Waals surface area contributed by atoms with Gasteiger partial charge in [0.15, 0.2) is 11.5 Å². The molecule has 0 radical (unpaired) electrons. The number of nitrogens with one attached hydrogen (secondary N) is 1. The van der Waals surface area contributed by atoms with Crippen LogP contribution in [-0.4, -0.2) is 26.8 Å². The molecule has 0 spiro atoms. The summed E-state index contributed by atoms with van der Waals surface area (Å²) in [5, 5.41) is 3.36. The molecule has 1 fully saturated rings. The Morgan fingerprint density at radius 2 is 2.11 bits per heavy atom. The van der Waals surface area contributed by atoms with Crippen molar-refractivity contribution >= 4 is 0 Å². The number of rotatable bonds is 5. The Morgan fingerprint density at radius 1 is 1.32 bits per heavy atom. The van der Waals surface area contributed by atoms with Gasteiger partial charge in [0.05, 0.1) is 14.2 Å². The fraction of sp³-hybridized carbons (Fsp3) is 0.571. The van der Waals surface area contributed by atoms with Gasteiger partial charge in [0, 0.05) is 17.2 Å². The maximum Gasteiger partial charge on any atom is 0.263 e. The molecule has 0 aromatic heterocycles. The largest absolute Gasteiger partial charge is 0.493 e. The van der Waals surface area contributed by atoms with Crippen molar-refractivity contribution in [3.8, 4) is 11.5 Å². The van der Waals surface area contributed by atoms with Crippen LogP contribution >= 0.6 is 0 Å². The number of ether oxygens (including phenoxy) is 2. The normalized spacial score (nSPS) is 18.9. The summed E-state index contributed by atoms with van der Waals surface area (Å²) in [6.45, 7) is 0.985. The number of halogens is 2. The third-order valence-corrected chi connectivity index (χ3v) is 3.46. The molecule has 1 heterocycles. The van der Waals surface area contributed by atoms with Crippen LogP contribution in [0.15, 0.2) is 12.1 Å². The summed E-state index contributed by atoms with van der Waals surface area (Å²) in [7, 11) is 3.00. The second-order valence-electron chi connectivity index (χ2n) is 4.71. The lowest BCUT2D eigenvalue weighted by molar-refractivity contribution is 0.150. The molecule has 1 aromatic carbocycles. The lowest BCUT2D eigenvalue weighted by Gasteiger charge is -2.17. The molecule has 19 heavy (non-hydrogen) atoms. The first-order chi connectivity index (χ1) is 9.15. The van der Waals surface area contributed by atoms with E-state index in [1.165, 1.54) is 26.4 Å². The van der Waals surface area contributed by atoms with Crippen LogP contribution in [0.1, 0.15) is 30.4 Å². The molecule has 1 aromatic rings. The van der Waals surface area contributed by atoms with E-state index in [-0.39, 0.29) is 5.56 Å². The molecule has 106 valence electrons. The van der Waals surface area contributed by atoms with Crippen molar-refractivity contribution in [1.82, 2.24) is 5.32 Å². The molecule has 1 aliphatic rings. The Labute approximate surface area is 111 Å². The molecule has 0 aliphatic carbocycles. The van der Waals surface area contributed by atoms with Crippen LogP contribution in [0.3, 0.4) is 0 Å². The maximum absolute atomic E-state index is 12.9. The third-order valence-electron chi connectivity index (χ3n) is 3.46. The Bertz CT molecular complexity index is 432. The number of alkyl halides is 2. The van der Waals surface area contributed by atoms with Gasteiger partial charge in [-0.15, -0.1) is 0 Å². The van der Waals surface area contributed by atoms with Crippen molar-refractivity contribution in [1.29, 1.82) is 0 Å². The standard InChI is InChI=1S/C14H19F2NO2/c1-18-12-8-10(14(15)16)6-9(13(12)19-2)7-11-4-3-5-17-11/h6,8,11,14,17H,3-5,7H2,1-2H3. The minimum atomic E-state index is -2.50. The first-order valence-electron chi connectivity index (χ1n) is 6.42. The second-order valence-corrected chi connectivity index (χ2v) is 4.71. The SMILES string of the molecule is COc1cc(C(F)F)cc(CC2CCCN2)c1OC. The quantitative estimate of drug-likeness (QED) is 0.893. The summed E-state index contributed by atoms with van der Waals surface area (Å²) in [5.74, 6) is 0.925. The Kier molecular flexibility index (Phi) is 4.58. The highest BCUT2D eigenvalue weighted by Crippen LogP contribution is 2.36. The molecule has 1 aliphatic heterocycles. The lowest BCUT2D eigenvalue weighted by Crippen LogP contribution is -2.24. The number of methoxy groups -OCH3 is 2. The average Bonchev–Trinajstić information content (AvgIpc) is 2.90. The van der Waals surface area contributed by atoms with E-state index in [0.717, 1.165) is 24.9 Å². The van der Waals surface area contributed by atoms with E-state index >= 15 is 0 Å². The predicted molar refractivity (Wildman–Crippen MR) is 69.2 cm³/mol. The van der Waals surface area contributed by atoms with Gasteiger partial charge in [-0.1, -0.05) is 0 Å². The van der Waals surface area contributed by atoms with E-state index < -0.39 is 6.43 Å². The highest BCUT2D eigenvalue weighted by atomic mass is 19.3. The molecule has 1 unspecified atom stereocenters. The van der Waals surface area contributed by atoms with Crippen molar-refractivity contribution in [2.45, 2.75) is 31.7 Å². The molecule has 1 N–H and O–H groups in total. The molecule has 3 nitrogen and oxygen atoms in total. The summed E-state index contributed by atoms with van der Waals surface area (Å²) in [6.07, 6.45) is 0.360. The Morgan fingerprint density at radius 3 is 2.63 bits per heavy atom. The second kappa shape index (κ2) is 6.19. The van der Waals surface area contributed by atoms with Crippen LogP contribution < -0.4 is 14.8 Å². The van der Waals surface area contributed by atoms with Gasteiger partial charge in [0.25, 0.3) is 6.43 Å². The number of hydrogen-bond donors (Lipinski definition) is 1. The van der Waals surface area contributed by atoms with Crippen molar-refractivity contribution in [3.63, 3.8) is 0 Å². The van der Waals surface area contributed by atoms with Gasteiger partial charge in [0.1, 0.15) is 0 Å². The van der Waals surface area contributed by atoms with Crippen LogP contribution in [-0.2, 0) is 6.42 Å². The molecule has 0 saturated carbocycles. The van der Waals surface area contributed by atoms with Gasteiger partial charge in [-0.25, -0.2) is 8.78 Å². The average molecular weight is 271 g/mol. The molecule has 0 amide bonds. The van der Waals surface area contributed by atoms with Gasteiger partial charge in [-0.05, 0) is 37.9 Å². The summed E-state index contributed by atoms with van der Waals surface area (Å²) in [6, 6.07) is 3.19. The predicted octanol–water partition coefficient (Wildman–Crippen LogP) is 2.94. The number of benzene rings is 1. The summed E-state index contributed by atoms with van der Waals surface area (Å²) in [4.78, 5) is 0. The monoisotopic (exact) mass is 271 g/mol. The van der Waals surface area contributed by atoms with E-state index in [1.54, 1.807) is 0 Å². The molecule has 2 rings (SSSR count). The van der Waals surface area contributed by atoms with Crippen molar-refractivity contribution < 1.29 is 18.3 Å². The minimum absolute atomic E-state index is 0.0225. The van der Waals surface area contributed by atoms with E-state index in [4.69, 9.17) is 9.47 Å². The molecule has 1 atom stereocenters. The highest BCUT2D eigenvalue weighted by molar-refractivity contribution is 5.50. The van der Waals surface area contributed by atoms with Crippen LogP contribution in [0.2, 0.25) is 0 Å². The van der Waals surface area contributed by atoms with Crippen LogP contribution in [0.25, 0.3) is 0 Å². The minimum Gasteiger partial charge on any atom is -0.493 e. The summed E-state index contributed by atoms with van der Waals surface area (Å²) >= 11 is 0. The fourth-order valence-electron chi connectivity index (χ4n) is 2.54. The first kappa shape index (κ1) is 14.1. The smallest absolute Gasteiger partial charge is 0.263 e. The molecule has 1 saturated heterocycles. The van der Waals surface area contributed by atoms with Crippen molar-refractivity contribution in [2.24, 2.45) is 0 Å². The van der Waals surface area contributed by atoms with Gasteiger partial charge >= 0.3 is 0 Å². The van der Waals surface area contributed by atoms with Crippen LogP contribution in [0.4, 0.5) is 8.78 Å². The fourth-order valence-corrected chi connectivity index (χ4v) is 2.54. The zero-order valence-electron chi connectivity index (χ0n) is 11.2. The Balaban J connectivity index is 2.34. The Hall–Kier alpha value is -1.36. The van der Waals surface area contributed by atoms with E-state index in [2.05, 4.69) is 5.32 Å². The molecular formula is C14H19F2NO2. The van der Waals surface area contributed by atoms with Gasteiger partial charge in [-0.2, -0.15) is 0 Å². The summed E-state index contributed by atoms with van der Waals surface area (Å²) in [5.41, 5.74) is 0.752. The molecular weight excluding hydrogens is 252 g/mol. The van der Waals surface area contributed by atoms with E-state index in [1.807, 2.05) is 0 Å². The van der Waals surface area contributed by atoms with Gasteiger partial charge in [0.2, 0.25) is 0 Å². The zero-order valence-corrected chi connectivity index (χ0v) is 11.2. The van der Waals surface area contributed by atoms with Gasteiger partial charge in [-0.3, -0.25) is 0 Å². The molecule has 5 heteroatoms. The van der Waals surface area contributed by atoms with E-state index in [0.29, 0.717) is 24.0 Å².